The SMILES string of the molecule is Cc1c(CBr)c(-c2ccc(Br)cc2)o[n+]1C. The van der Waals surface area contributed by atoms with Crippen LogP contribution in [-0.2, 0) is 12.4 Å². The number of aryl methyl sites for hydroxylation is 1. The zero-order chi connectivity index (χ0) is 11.7. The Morgan fingerprint density at radius 2 is 1.88 bits per heavy atom. The summed E-state index contributed by atoms with van der Waals surface area (Å²) in [6.45, 7) is 2.06. The first-order valence-electron chi connectivity index (χ1n) is 4.94. The third-order valence-corrected chi connectivity index (χ3v) is 3.74. The molecule has 0 aliphatic heterocycles. The third-order valence-electron chi connectivity index (χ3n) is 2.65. The number of alkyl halides is 1. The van der Waals surface area contributed by atoms with Gasteiger partial charge in [0.1, 0.15) is 0 Å². The molecule has 0 unspecified atom stereocenters. The van der Waals surface area contributed by atoms with Gasteiger partial charge in [0.05, 0.1) is 5.56 Å². The average Bonchev–Trinajstić information content (AvgIpc) is 2.56. The van der Waals surface area contributed by atoms with E-state index in [2.05, 4.69) is 50.9 Å². The van der Waals surface area contributed by atoms with E-state index in [9.17, 15) is 0 Å². The van der Waals surface area contributed by atoms with Gasteiger partial charge in [-0.2, -0.15) is 0 Å². The second-order valence-corrected chi connectivity index (χ2v) is 5.10. The molecular weight excluding hydrogens is 334 g/mol. The maximum absolute atomic E-state index is 5.73. The summed E-state index contributed by atoms with van der Waals surface area (Å²) < 4.78 is 8.61. The lowest BCUT2D eigenvalue weighted by Gasteiger charge is -1.96. The van der Waals surface area contributed by atoms with Crippen molar-refractivity contribution in [1.29, 1.82) is 0 Å². The zero-order valence-corrected chi connectivity index (χ0v) is 12.3. The summed E-state index contributed by atoms with van der Waals surface area (Å²) in [4.78, 5) is 0. The largest absolute Gasteiger partial charge is 0.236 e. The van der Waals surface area contributed by atoms with E-state index in [0.29, 0.717) is 0 Å². The second-order valence-electron chi connectivity index (χ2n) is 3.62. The molecule has 1 aromatic heterocycles. The summed E-state index contributed by atoms with van der Waals surface area (Å²) in [5.41, 5.74) is 3.45. The van der Waals surface area contributed by atoms with E-state index in [1.165, 1.54) is 5.56 Å². The van der Waals surface area contributed by atoms with Crippen molar-refractivity contribution in [3.8, 4) is 11.3 Å². The molecule has 16 heavy (non-hydrogen) atoms. The molecule has 0 N–H and O–H groups in total. The number of halogens is 2. The number of aromatic nitrogens is 1. The molecule has 2 aromatic rings. The van der Waals surface area contributed by atoms with Gasteiger partial charge in [-0.25, -0.2) is 4.52 Å². The first-order chi connectivity index (χ1) is 7.63. The maximum Gasteiger partial charge on any atom is 0.232 e. The Morgan fingerprint density at radius 1 is 1.25 bits per heavy atom. The van der Waals surface area contributed by atoms with E-state index in [-0.39, 0.29) is 0 Å². The van der Waals surface area contributed by atoms with Gasteiger partial charge in [0.2, 0.25) is 11.5 Å². The normalized spacial score (nSPS) is 10.8. The molecule has 1 heterocycles. The summed E-state index contributed by atoms with van der Waals surface area (Å²) in [5, 5.41) is 0.800. The van der Waals surface area contributed by atoms with Gasteiger partial charge in [-0.05, 0) is 29.0 Å². The van der Waals surface area contributed by atoms with Gasteiger partial charge in [0.15, 0.2) is 7.05 Å². The molecule has 0 bridgehead atoms. The highest BCUT2D eigenvalue weighted by Gasteiger charge is 2.22. The number of benzene rings is 1. The Hall–Kier alpha value is -0.610. The highest BCUT2D eigenvalue weighted by atomic mass is 79.9. The second kappa shape index (κ2) is 4.72. The predicted molar refractivity (Wildman–Crippen MR) is 70.4 cm³/mol. The summed E-state index contributed by atoms with van der Waals surface area (Å²) in [6, 6.07) is 8.14. The lowest BCUT2D eigenvalue weighted by atomic mass is 10.1. The molecule has 0 aliphatic rings. The molecule has 0 atom stereocenters. The summed E-state index contributed by atoms with van der Waals surface area (Å²) >= 11 is 6.93. The van der Waals surface area contributed by atoms with E-state index in [4.69, 9.17) is 4.52 Å². The van der Waals surface area contributed by atoms with Crippen molar-refractivity contribution in [2.75, 3.05) is 0 Å². The molecule has 0 fully saturated rings. The molecule has 4 heteroatoms. The van der Waals surface area contributed by atoms with Crippen LogP contribution in [0.3, 0.4) is 0 Å². The van der Waals surface area contributed by atoms with E-state index in [1.807, 2.05) is 19.2 Å². The minimum Gasteiger partial charge on any atom is -0.236 e. The minimum absolute atomic E-state index is 0.800. The van der Waals surface area contributed by atoms with Crippen LogP contribution in [-0.4, -0.2) is 0 Å². The summed E-state index contributed by atoms with van der Waals surface area (Å²) in [7, 11) is 1.92. The van der Waals surface area contributed by atoms with Gasteiger partial charge in [-0.1, -0.05) is 31.9 Å². The van der Waals surface area contributed by atoms with Crippen LogP contribution in [0.15, 0.2) is 33.3 Å². The number of hydrogen-bond acceptors (Lipinski definition) is 1. The van der Waals surface area contributed by atoms with Gasteiger partial charge in [0, 0.05) is 22.3 Å². The minimum atomic E-state index is 0.800. The number of rotatable bonds is 2. The molecule has 0 aliphatic carbocycles. The average molecular weight is 346 g/mol. The molecule has 0 saturated heterocycles. The Kier molecular flexibility index (Phi) is 3.50. The van der Waals surface area contributed by atoms with Gasteiger partial charge in [0.25, 0.3) is 0 Å². The van der Waals surface area contributed by atoms with Crippen LogP contribution in [0.1, 0.15) is 11.3 Å². The van der Waals surface area contributed by atoms with Crippen molar-refractivity contribution in [2.45, 2.75) is 12.3 Å². The van der Waals surface area contributed by atoms with E-state index in [1.54, 1.807) is 4.74 Å². The molecule has 0 spiro atoms. The Bertz CT molecular complexity index is 502. The molecule has 1 aromatic carbocycles. The van der Waals surface area contributed by atoms with Crippen LogP contribution in [0.25, 0.3) is 11.3 Å². The monoisotopic (exact) mass is 344 g/mol. The van der Waals surface area contributed by atoms with Crippen LogP contribution < -0.4 is 4.74 Å². The Morgan fingerprint density at radius 3 is 2.44 bits per heavy atom. The van der Waals surface area contributed by atoms with E-state index >= 15 is 0 Å². The number of hydrogen-bond donors (Lipinski definition) is 0. The fourth-order valence-corrected chi connectivity index (χ4v) is 2.53. The highest BCUT2D eigenvalue weighted by molar-refractivity contribution is 9.10. The predicted octanol–water partition coefficient (Wildman–Crippen LogP) is 3.74. The highest BCUT2D eigenvalue weighted by Crippen LogP contribution is 2.27. The van der Waals surface area contributed by atoms with Crippen molar-refractivity contribution < 1.29 is 9.26 Å². The molecular formula is C12H12Br2NO+. The smallest absolute Gasteiger partial charge is 0.232 e. The zero-order valence-electron chi connectivity index (χ0n) is 9.13. The first kappa shape index (κ1) is 11.9. The van der Waals surface area contributed by atoms with Crippen molar-refractivity contribution in [2.24, 2.45) is 7.05 Å². The first-order valence-corrected chi connectivity index (χ1v) is 6.85. The van der Waals surface area contributed by atoms with Crippen LogP contribution in [0.5, 0.6) is 0 Å². The van der Waals surface area contributed by atoms with Gasteiger partial charge >= 0.3 is 0 Å². The van der Waals surface area contributed by atoms with Crippen molar-refractivity contribution in [3.05, 3.63) is 40.0 Å². The van der Waals surface area contributed by atoms with Crippen LogP contribution in [0, 0.1) is 6.92 Å². The van der Waals surface area contributed by atoms with Crippen molar-refractivity contribution in [1.82, 2.24) is 0 Å². The van der Waals surface area contributed by atoms with Gasteiger partial charge in [-0.3, -0.25) is 0 Å². The van der Waals surface area contributed by atoms with Crippen LogP contribution in [0.4, 0.5) is 0 Å². The molecule has 2 nitrogen and oxygen atoms in total. The maximum atomic E-state index is 5.73. The van der Waals surface area contributed by atoms with Crippen LogP contribution >= 0.6 is 31.9 Å². The number of nitrogens with zero attached hydrogens (tertiary/aromatic N) is 1. The standard InChI is InChI=1S/C12H12Br2NO/c1-8-11(7-13)12(16-15(8)2)9-3-5-10(14)6-4-9/h3-6H,7H2,1-2H3/q+1. The van der Waals surface area contributed by atoms with Gasteiger partial charge < -0.3 is 0 Å². The topological polar surface area (TPSA) is 17.0 Å². The van der Waals surface area contributed by atoms with Gasteiger partial charge in [-0.15, -0.1) is 0 Å². The third kappa shape index (κ3) is 2.09. The Labute approximate surface area is 111 Å². The van der Waals surface area contributed by atoms with Crippen molar-refractivity contribution in [3.63, 3.8) is 0 Å². The van der Waals surface area contributed by atoms with Crippen LogP contribution in [0.2, 0.25) is 0 Å². The van der Waals surface area contributed by atoms with Crippen molar-refractivity contribution >= 4 is 31.9 Å². The fraction of sp³-hybridized carbons (Fsp3) is 0.250. The van der Waals surface area contributed by atoms with E-state index < -0.39 is 0 Å². The van der Waals surface area contributed by atoms with E-state index in [0.717, 1.165) is 26.8 Å². The summed E-state index contributed by atoms with van der Waals surface area (Å²) in [5.74, 6) is 0.935. The summed E-state index contributed by atoms with van der Waals surface area (Å²) in [6.07, 6.45) is 0. The molecule has 0 radical (unpaired) electrons. The lowest BCUT2D eigenvalue weighted by Crippen LogP contribution is -2.28. The molecule has 84 valence electrons. The molecule has 0 saturated carbocycles. The molecule has 0 amide bonds. The molecule has 2 rings (SSSR count). The lowest BCUT2D eigenvalue weighted by molar-refractivity contribution is -0.848. The Balaban J connectivity index is 2.55. The quantitative estimate of drug-likeness (QED) is 0.598. The fourth-order valence-electron chi connectivity index (χ4n) is 1.60.